The van der Waals surface area contributed by atoms with Crippen LogP contribution >= 0.6 is 0 Å². The van der Waals surface area contributed by atoms with Crippen molar-refractivity contribution in [2.75, 3.05) is 11.8 Å². The first-order valence-electron chi connectivity index (χ1n) is 10.8. The van der Waals surface area contributed by atoms with Gasteiger partial charge in [-0.1, -0.05) is 49.7 Å². The van der Waals surface area contributed by atoms with E-state index in [0.29, 0.717) is 17.2 Å². The molecule has 0 aromatic heterocycles. The predicted octanol–water partition coefficient (Wildman–Crippen LogP) is 5.32. The number of hydrogen-bond donors (Lipinski definition) is 2. The number of anilines is 1. The molecule has 0 heterocycles. The average molecular weight is 467 g/mol. The molecule has 3 rings (SSSR count). The fourth-order valence-electron chi connectivity index (χ4n) is 3.48. The summed E-state index contributed by atoms with van der Waals surface area (Å²) in [5, 5.41) is 3.09. The van der Waals surface area contributed by atoms with Crippen molar-refractivity contribution in [3.63, 3.8) is 0 Å². The molecule has 0 aliphatic rings. The minimum atomic E-state index is -3.75. The molecule has 0 fully saturated rings. The zero-order valence-electron chi connectivity index (χ0n) is 19.3. The smallest absolute Gasteiger partial charge is 0.261 e. The summed E-state index contributed by atoms with van der Waals surface area (Å²) in [6.07, 6.45) is 0.762. The van der Waals surface area contributed by atoms with Crippen molar-refractivity contribution >= 4 is 21.6 Å². The number of ether oxygens (including phenoxy) is 1. The summed E-state index contributed by atoms with van der Waals surface area (Å²) in [7, 11) is -2.14. The highest BCUT2D eigenvalue weighted by Crippen LogP contribution is 2.25. The van der Waals surface area contributed by atoms with E-state index in [-0.39, 0.29) is 16.8 Å². The lowest BCUT2D eigenvalue weighted by Crippen LogP contribution is -2.29. The molecule has 0 saturated carbocycles. The summed E-state index contributed by atoms with van der Waals surface area (Å²) < 4.78 is 33.2. The van der Waals surface area contributed by atoms with Crippen LogP contribution in [0.1, 0.15) is 47.8 Å². The van der Waals surface area contributed by atoms with Crippen LogP contribution in [0.15, 0.2) is 77.7 Å². The number of nitrogens with one attached hydrogen (secondary N) is 2. The van der Waals surface area contributed by atoms with Gasteiger partial charge in [0.25, 0.3) is 15.9 Å². The molecule has 0 bridgehead atoms. The molecule has 0 aliphatic carbocycles. The van der Waals surface area contributed by atoms with Crippen LogP contribution in [0.2, 0.25) is 0 Å². The Morgan fingerprint density at radius 1 is 0.970 bits per heavy atom. The summed E-state index contributed by atoms with van der Waals surface area (Å²) in [5.74, 6) is 0.847. The molecule has 6 nitrogen and oxygen atoms in total. The molecule has 0 unspecified atom stereocenters. The highest BCUT2D eigenvalue weighted by molar-refractivity contribution is 7.92. The number of aryl methyl sites for hydroxylation is 1. The summed E-state index contributed by atoms with van der Waals surface area (Å²) in [6.45, 7) is 6.09. The number of carbonyl (C=O) groups is 1. The van der Waals surface area contributed by atoms with Gasteiger partial charge in [-0.25, -0.2) is 8.42 Å². The van der Waals surface area contributed by atoms with Gasteiger partial charge in [0.2, 0.25) is 0 Å². The second-order valence-corrected chi connectivity index (χ2v) is 10.1. The molecular weight excluding hydrogens is 436 g/mol. The Labute approximate surface area is 196 Å². The van der Waals surface area contributed by atoms with Crippen molar-refractivity contribution in [3.05, 3.63) is 89.5 Å². The highest BCUT2D eigenvalue weighted by atomic mass is 32.2. The van der Waals surface area contributed by atoms with E-state index < -0.39 is 10.0 Å². The van der Waals surface area contributed by atoms with Gasteiger partial charge in [0.05, 0.1) is 18.0 Å². The molecule has 174 valence electrons. The molecule has 3 aromatic carbocycles. The predicted molar refractivity (Wildman–Crippen MR) is 131 cm³/mol. The maximum absolute atomic E-state index is 13.0. The molecule has 7 heteroatoms. The summed E-state index contributed by atoms with van der Waals surface area (Å²) in [4.78, 5) is 13.2. The van der Waals surface area contributed by atoms with Crippen LogP contribution < -0.4 is 14.8 Å². The molecule has 0 aliphatic heterocycles. The fourth-order valence-corrected chi connectivity index (χ4v) is 4.53. The Balaban J connectivity index is 1.78. The number of amides is 1. The van der Waals surface area contributed by atoms with Gasteiger partial charge in [0.15, 0.2) is 0 Å². The monoisotopic (exact) mass is 466 g/mol. The summed E-state index contributed by atoms with van der Waals surface area (Å²) >= 11 is 0. The van der Waals surface area contributed by atoms with E-state index in [1.165, 1.54) is 0 Å². The lowest BCUT2D eigenvalue weighted by molar-refractivity contribution is 0.0932. The number of carbonyl (C=O) groups excluding carboxylic acids is 1. The number of benzene rings is 3. The normalized spacial score (nSPS) is 12.3. The standard InChI is InChI=1S/C26H30N2O4S/c1-18(2)16-25(20-10-12-23(32-4)13-11-20)27-26(29)21-6-5-7-22(17-21)28-33(30,31)24-14-8-19(3)9-15-24/h5-15,17-18,25,28H,16H2,1-4H3,(H,27,29)/t25-/m1/s1. The van der Waals surface area contributed by atoms with Crippen molar-refractivity contribution in [2.24, 2.45) is 5.92 Å². The van der Waals surface area contributed by atoms with Gasteiger partial charge in [-0.2, -0.15) is 0 Å². The van der Waals surface area contributed by atoms with Crippen LogP contribution in [-0.2, 0) is 10.0 Å². The maximum Gasteiger partial charge on any atom is 0.261 e. The van der Waals surface area contributed by atoms with Crippen molar-refractivity contribution in [2.45, 2.75) is 38.1 Å². The summed E-state index contributed by atoms with van der Waals surface area (Å²) in [5.41, 5.74) is 2.66. The molecule has 1 atom stereocenters. The Bertz CT molecular complexity index is 1190. The van der Waals surface area contributed by atoms with Gasteiger partial charge >= 0.3 is 0 Å². The maximum atomic E-state index is 13.0. The largest absolute Gasteiger partial charge is 0.497 e. The van der Waals surface area contributed by atoms with Gasteiger partial charge in [0, 0.05) is 11.3 Å². The molecule has 0 radical (unpaired) electrons. The van der Waals surface area contributed by atoms with Crippen molar-refractivity contribution in [1.82, 2.24) is 5.32 Å². The second kappa shape index (κ2) is 10.5. The quantitative estimate of drug-likeness (QED) is 0.447. The molecule has 33 heavy (non-hydrogen) atoms. The number of methoxy groups -OCH3 is 1. The van der Waals surface area contributed by atoms with Gasteiger partial charge in [-0.15, -0.1) is 0 Å². The van der Waals surface area contributed by atoms with E-state index in [4.69, 9.17) is 4.74 Å². The molecule has 0 spiro atoms. The van der Waals surface area contributed by atoms with Crippen LogP contribution in [0.25, 0.3) is 0 Å². The lowest BCUT2D eigenvalue weighted by atomic mass is 9.96. The van der Waals surface area contributed by atoms with Gasteiger partial charge in [0.1, 0.15) is 5.75 Å². The Kier molecular flexibility index (Phi) is 7.76. The van der Waals surface area contributed by atoms with Crippen molar-refractivity contribution < 1.29 is 17.9 Å². The highest BCUT2D eigenvalue weighted by Gasteiger charge is 2.19. The SMILES string of the molecule is COc1ccc([C@@H](CC(C)C)NC(=O)c2cccc(NS(=O)(=O)c3ccc(C)cc3)c2)cc1. The number of hydrogen-bond acceptors (Lipinski definition) is 4. The van der Waals surface area contributed by atoms with Crippen LogP contribution in [0.5, 0.6) is 5.75 Å². The fraction of sp³-hybridized carbons (Fsp3) is 0.269. The lowest BCUT2D eigenvalue weighted by Gasteiger charge is -2.22. The van der Waals surface area contributed by atoms with E-state index in [1.807, 2.05) is 31.2 Å². The Morgan fingerprint density at radius 3 is 2.24 bits per heavy atom. The van der Waals surface area contributed by atoms with E-state index in [2.05, 4.69) is 23.9 Å². The Hall–Kier alpha value is -3.32. The Morgan fingerprint density at radius 2 is 1.64 bits per heavy atom. The zero-order valence-corrected chi connectivity index (χ0v) is 20.1. The first-order chi connectivity index (χ1) is 15.7. The van der Waals surface area contributed by atoms with Crippen LogP contribution in [0.3, 0.4) is 0 Å². The third-order valence-corrected chi connectivity index (χ3v) is 6.64. The first-order valence-corrected chi connectivity index (χ1v) is 12.3. The van der Waals surface area contributed by atoms with E-state index in [1.54, 1.807) is 55.6 Å². The van der Waals surface area contributed by atoms with E-state index >= 15 is 0 Å². The molecule has 3 aromatic rings. The number of sulfonamides is 1. The minimum Gasteiger partial charge on any atom is -0.497 e. The molecule has 2 N–H and O–H groups in total. The molecular formula is C26H30N2O4S. The van der Waals surface area contributed by atoms with E-state index in [0.717, 1.165) is 23.3 Å². The third kappa shape index (κ3) is 6.58. The van der Waals surface area contributed by atoms with Gasteiger partial charge < -0.3 is 10.1 Å². The molecule has 1 amide bonds. The zero-order chi connectivity index (χ0) is 24.0. The van der Waals surface area contributed by atoms with Crippen molar-refractivity contribution in [3.8, 4) is 5.75 Å². The minimum absolute atomic E-state index is 0.166. The topological polar surface area (TPSA) is 84.5 Å². The summed E-state index contributed by atoms with van der Waals surface area (Å²) in [6, 6.07) is 20.5. The van der Waals surface area contributed by atoms with Gasteiger partial charge in [-0.3, -0.25) is 9.52 Å². The van der Waals surface area contributed by atoms with E-state index in [9.17, 15) is 13.2 Å². The average Bonchev–Trinajstić information content (AvgIpc) is 2.78. The van der Waals surface area contributed by atoms with Crippen molar-refractivity contribution in [1.29, 1.82) is 0 Å². The number of rotatable bonds is 9. The third-order valence-electron chi connectivity index (χ3n) is 5.24. The second-order valence-electron chi connectivity index (χ2n) is 8.43. The molecule has 0 saturated heterocycles. The van der Waals surface area contributed by atoms with Crippen LogP contribution in [0.4, 0.5) is 5.69 Å². The van der Waals surface area contributed by atoms with Crippen LogP contribution in [0, 0.1) is 12.8 Å². The first kappa shape index (κ1) is 24.3. The van der Waals surface area contributed by atoms with Gasteiger partial charge in [-0.05, 0) is 67.3 Å². The van der Waals surface area contributed by atoms with Crippen LogP contribution in [-0.4, -0.2) is 21.4 Å².